The van der Waals surface area contributed by atoms with Crippen molar-refractivity contribution in [3.63, 3.8) is 0 Å². The van der Waals surface area contributed by atoms with Crippen LogP contribution in [0.3, 0.4) is 0 Å². The Balaban J connectivity index is 0.863. The number of ether oxygens (including phenoxy) is 3. The van der Waals surface area contributed by atoms with Crippen LogP contribution in [0.2, 0.25) is 0 Å². The van der Waals surface area contributed by atoms with Crippen LogP contribution >= 0.6 is 0 Å². The van der Waals surface area contributed by atoms with Gasteiger partial charge in [0.1, 0.15) is 24.0 Å². The number of nitro benzene ring substituents is 1. The van der Waals surface area contributed by atoms with Crippen molar-refractivity contribution in [2.75, 3.05) is 61.1 Å². The van der Waals surface area contributed by atoms with Gasteiger partial charge in [0.25, 0.3) is 21.6 Å². The van der Waals surface area contributed by atoms with E-state index in [0.29, 0.717) is 60.2 Å². The highest BCUT2D eigenvalue weighted by Crippen LogP contribution is 2.54. The summed E-state index contributed by atoms with van der Waals surface area (Å²) in [7, 11) is -4.65. The van der Waals surface area contributed by atoms with Crippen molar-refractivity contribution in [2.24, 2.45) is 11.3 Å². The van der Waals surface area contributed by atoms with E-state index in [2.05, 4.69) is 56.0 Å². The fraction of sp³-hybridized carbons (Fsp3) is 0.469. The van der Waals surface area contributed by atoms with Crippen LogP contribution in [0.5, 0.6) is 11.6 Å². The van der Waals surface area contributed by atoms with Gasteiger partial charge in [-0.2, -0.15) is 4.98 Å². The van der Waals surface area contributed by atoms with Gasteiger partial charge in [0.05, 0.1) is 33.7 Å². The predicted molar refractivity (Wildman–Crippen MR) is 251 cm³/mol. The lowest BCUT2D eigenvalue weighted by molar-refractivity contribution is -0.384. The zero-order chi connectivity index (χ0) is 45.3. The van der Waals surface area contributed by atoms with Crippen molar-refractivity contribution in [1.29, 1.82) is 0 Å². The first kappa shape index (κ1) is 42.7. The van der Waals surface area contributed by atoms with E-state index >= 15 is 0 Å². The summed E-state index contributed by atoms with van der Waals surface area (Å²) in [4.78, 5) is 40.9. The fourth-order valence-electron chi connectivity index (χ4n) is 11.7. The second-order valence-electron chi connectivity index (χ2n) is 19.3. The first-order valence-electron chi connectivity index (χ1n) is 23.4. The minimum atomic E-state index is -4.65. The highest BCUT2D eigenvalue weighted by atomic mass is 32.2. The Hall–Kier alpha value is -5.91. The van der Waals surface area contributed by atoms with Crippen LogP contribution in [0, 0.1) is 28.4 Å². The van der Waals surface area contributed by atoms with Crippen molar-refractivity contribution in [3.8, 4) is 11.6 Å². The van der Waals surface area contributed by atoms with Gasteiger partial charge in [0.15, 0.2) is 11.4 Å². The number of piperidine rings is 1. The minimum absolute atomic E-state index is 0.0381. The molecule has 7 heterocycles. The number of hydrogen-bond acceptors (Lipinski definition) is 13. The van der Waals surface area contributed by atoms with Crippen LogP contribution in [0.4, 0.5) is 28.4 Å². The van der Waals surface area contributed by atoms with Crippen LogP contribution < -0.4 is 29.3 Å². The third kappa shape index (κ3) is 7.77. The van der Waals surface area contributed by atoms with Gasteiger partial charge < -0.3 is 34.3 Å². The normalized spacial score (nSPS) is 23.3. The molecule has 5 aliphatic heterocycles. The zero-order valence-electron chi connectivity index (χ0n) is 37.3. The summed E-state index contributed by atoms with van der Waals surface area (Å²) in [5.74, 6) is -0.266. The molecule has 3 N–H and O–H groups in total. The average Bonchev–Trinajstić information content (AvgIpc) is 3.99. The molecule has 0 unspecified atom stereocenters. The molecule has 4 fully saturated rings. The van der Waals surface area contributed by atoms with E-state index in [1.54, 1.807) is 12.3 Å². The predicted octanol–water partition coefficient (Wildman–Crippen LogP) is 8.00. The first-order chi connectivity index (χ1) is 31.9. The van der Waals surface area contributed by atoms with E-state index in [1.165, 1.54) is 42.9 Å². The molecule has 1 amide bonds. The summed E-state index contributed by atoms with van der Waals surface area (Å²) in [5.41, 5.74) is 5.67. The molecular formula is C49H56N8O8S. The van der Waals surface area contributed by atoms with E-state index in [1.807, 2.05) is 36.1 Å². The number of rotatable bonds is 9. The zero-order valence-corrected chi connectivity index (χ0v) is 38.1. The lowest BCUT2D eigenvalue weighted by atomic mass is 9.59. The summed E-state index contributed by atoms with van der Waals surface area (Å²) in [5, 5.41) is 16.5. The monoisotopic (exact) mass is 916 g/mol. The molecule has 1 aliphatic carbocycles. The SMILES string of the molecule is Cc1ccccc1[C@@H]1CCCN1C1CC2(CCN(c3ccc(C(=O)NS(=O)(=O)c4cc5c(c([N+](=O)[O-])c4)N[C@H](C4CCOCC4)CO5)c(N4C[C@@H](C)Oc5nc6[nH]ccc6cc54)c3)CC2)C1. The Morgan fingerprint density at radius 1 is 0.985 bits per heavy atom. The van der Waals surface area contributed by atoms with Crippen LogP contribution in [-0.2, 0) is 14.8 Å². The number of carbonyl (C=O) groups is 1. The maximum Gasteiger partial charge on any atom is 0.297 e. The molecule has 6 aliphatic rings. The molecule has 2 aromatic heterocycles. The van der Waals surface area contributed by atoms with Crippen LogP contribution in [0.1, 0.15) is 85.8 Å². The quantitative estimate of drug-likeness (QED) is 0.0956. The molecule has 3 saturated heterocycles. The number of nitro groups is 1. The summed E-state index contributed by atoms with van der Waals surface area (Å²) in [6.07, 6.45) is 10.0. The minimum Gasteiger partial charge on any atom is -0.489 e. The maximum atomic E-state index is 14.5. The van der Waals surface area contributed by atoms with Gasteiger partial charge in [-0.1, -0.05) is 24.3 Å². The molecule has 1 spiro atoms. The van der Waals surface area contributed by atoms with E-state index in [0.717, 1.165) is 62.5 Å². The van der Waals surface area contributed by atoms with E-state index in [-0.39, 0.29) is 41.7 Å². The topological polar surface area (TPSA) is 184 Å². The van der Waals surface area contributed by atoms with Gasteiger partial charge in [-0.25, -0.2) is 13.1 Å². The van der Waals surface area contributed by atoms with Gasteiger partial charge in [-0.3, -0.25) is 19.8 Å². The summed E-state index contributed by atoms with van der Waals surface area (Å²) in [6.45, 7) is 8.79. The summed E-state index contributed by atoms with van der Waals surface area (Å²) < 4.78 is 48.3. The standard InChI is InChI=1S/C49H56N8O8S/c1-30-6-3-4-7-37(30)40-8-5-17-55(40)35-26-49(27-35)14-18-54(19-15-49)34-9-10-38(41(23-34)56-28-31(2)65-48-43(56)22-33-11-16-50-46(33)52-48)47(58)53-66(61,62)36-24-42(57(59)60)45-44(25-36)64-29-39(51-45)32-12-20-63-21-13-32/h3-4,6-7,9-11,16,22-25,31-32,35,39-40,51H,5,8,12-15,17-21,26-29H2,1-2H3,(H,50,52)(H,53,58)/t31-,39+,40+/m1/s1. The molecule has 17 heteroatoms. The molecular weight excluding hydrogens is 861 g/mol. The molecule has 11 rings (SSSR count). The number of aromatic nitrogens is 2. The third-order valence-electron chi connectivity index (χ3n) is 15.3. The Kier molecular flexibility index (Phi) is 10.8. The smallest absolute Gasteiger partial charge is 0.297 e. The van der Waals surface area contributed by atoms with E-state index in [9.17, 15) is 23.3 Å². The lowest BCUT2D eigenvalue weighted by Crippen LogP contribution is -2.54. The highest BCUT2D eigenvalue weighted by molar-refractivity contribution is 7.90. The van der Waals surface area contributed by atoms with Gasteiger partial charge in [0.2, 0.25) is 5.88 Å². The van der Waals surface area contributed by atoms with Crippen molar-refractivity contribution >= 4 is 55.4 Å². The molecule has 0 bridgehead atoms. The van der Waals surface area contributed by atoms with E-state index in [4.69, 9.17) is 19.2 Å². The maximum absolute atomic E-state index is 14.5. The summed E-state index contributed by atoms with van der Waals surface area (Å²) in [6, 6.07) is 21.4. The van der Waals surface area contributed by atoms with Crippen LogP contribution in [-0.4, -0.2) is 98.3 Å². The first-order valence-corrected chi connectivity index (χ1v) is 24.9. The number of amides is 1. The van der Waals surface area contributed by atoms with Gasteiger partial charge in [-0.15, -0.1) is 0 Å². The Morgan fingerprint density at radius 3 is 2.58 bits per heavy atom. The van der Waals surface area contributed by atoms with E-state index < -0.39 is 31.4 Å². The van der Waals surface area contributed by atoms with Crippen molar-refractivity contribution in [3.05, 3.63) is 99.7 Å². The molecule has 1 saturated carbocycles. The Bertz CT molecular complexity index is 2810. The average molecular weight is 917 g/mol. The third-order valence-corrected chi connectivity index (χ3v) is 16.6. The fourth-order valence-corrected chi connectivity index (χ4v) is 12.7. The number of nitrogens with one attached hydrogen (secondary N) is 3. The Labute approximate surface area is 384 Å². The van der Waals surface area contributed by atoms with Gasteiger partial charge in [0, 0.05) is 67.8 Å². The molecule has 16 nitrogen and oxygen atoms in total. The van der Waals surface area contributed by atoms with Crippen LogP contribution in [0.15, 0.2) is 77.8 Å². The number of carbonyl (C=O) groups excluding carboxylic acids is 1. The number of likely N-dealkylation sites (tertiary alicyclic amines) is 1. The molecule has 0 radical (unpaired) electrons. The summed E-state index contributed by atoms with van der Waals surface area (Å²) >= 11 is 0. The lowest BCUT2D eigenvalue weighted by Gasteiger charge is -2.56. The number of benzene rings is 3. The number of hydrogen-bond donors (Lipinski definition) is 3. The number of aromatic amines is 1. The number of sulfonamides is 1. The molecule has 346 valence electrons. The van der Waals surface area contributed by atoms with Crippen molar-refractivity contribution in [1.82, 2.24) is 19.6 Å². The van der Waals surface area contributed by atoms with Crippen molar-refractivity contribution < 1.29 is 32.3 Å². The highest BCUT2D eigenvalue weighted by Gasteiger charge is 2.50. The van der Waals surface area contributed by atoms with Crippen LogP contribution in [0.25, 0.3) is 11.0 Å². The molecule has 66 heavy (non-hydrogen) atoms. The molecule has 3 atom stereocenters. The number of anilines is 4. The number of fused-ring (bicyclic) bond motifs is 3. The molecule has 3 aromatic carbocycles. The van der Waals surface area contributed by atoms with Gasteiger partial charge >= 0.3 is 0 Å². The second-order valence-corrected chi connectivity index (χ2v) is 21.0. The second kappa shape index (κ2) is 16.8. The largest absolute Gasteiger partial charge is 0.489 e. The number of aryl methyl sites for hydroxylation is 1. The number of nitrogens with zero attached hydrogens (tertiary/aromatic N) is 5. The number of H-pyrrole nitrogens is 1. The molecule has 5 aromatic rings. The van der Waals surface area contributed by atoms with Crippen molar-refractivity contribution in [2.45, 2.75) is 94.3 Å². The number of pyridine rings is 1. The Morgan fingerprint density at radius 2 is 1.79 bits per heavy atom. The van der Waals surface area contributed by atoms with Gasteiger partial charge in [-0.05, 0) is 125 Å².